The number of nitrogens with two attached hydrogens (primary N) is 2. The Labute approximate surface area is 160 Å². The highest BCUT2D eigenvalue weighted by atomic mass is 19.1. The van der Waals surface area contributed by atoms with Crippen molar-refractivity contribution in [3.63, 3.8) is 0 Å². The van der Waals surface area contributed by atoms with Crippen molar-refractivity contribution in [2.75, 3.05) is 11.5 Å². The Morgan fingerprint density at radius 2 is 2.00 bits per heavy atom. The summed E-state index contributed by atoms with van der Waals surface area (Å²) < 4.78 is 16.5. The highest BCUT2D eigenvalue weighted by Gasteiger charge is 2.18. The van der Waals surface area contributed by atoms with Crippen molar-refractivity contribution in [3.05, 3.63) is 65.2 Å². The fraction of sp³-hybridized carbons (Fsp3) is 0.100. The number of nitrogen functional groups attached to an aromatic ring is 2. The number of anilines is 2. The maximum absolute atomic E-state index is 14.7. The van der Waals surface area contributed by atoms with Gasteiger partial charge in [0.25, 0.3) is 0 Å². The van der Waals surface area contributed by atoms with Gasteiger partial charge in [0.2, 0.25) is 5.95 Å². The van der Waals surface area contributed by atoms with Crippen LogP contribution in [0.5, 0.6) is 0 Å². The van der Waals surface area contributed by atoms with Gasteiger partial charge in [-0.1, -0.05) is 18.2 Å². The summed E-state index contributed by atoms with van der Waals surface area (Å²) in [4.78, 5) is 12.8. The van der Waals surface area contributed by atoms with Crippen molar-refractivity contribution in [2.45, 2.75) is 13.5 Å². The van der Waals surface area contributed by atoms with E-state index in [4.69, 9.17) is 16.7 Å². The molecule has 0 radical (unpaired) electrons. The zero-order valence-corrected chi connectivity index (χ0v) is 15.0. The molecule has 0 atom stereocenters. The fourth-order valence-electron chi connectivity index (χ4n) is 3.10. The van der Waals surface area contributed by atoms with Crippen molar-refractivity contribution in [1.29, 1.82) is 5.26 Å². The Morgan fingerprint density at radius 1 is 1.18 bits per heavy atom. The quantitative estimate of drug-likeness (QED) is 0.533. The van der Waals surface area contributed by atoms with Crippen LogP contribution in [0.2, 0.25) is 0 Å². The van der Waals surface area contributed by atoms with Gasteiger partial charge in [-0.05, 0) is 36.2 Å². The van der Waals surface area contributed by atoms with Crippen molar-refractivity contribution in [1.82, 2.24) is 19.5 Å². The molecule has 2 aromatic heterocycles. The topological polar surface area (TPSA) is 119 Å². The van der Waals surface area contributed by atoms with Crippen LogP contribution in [0.1, 0.15) is 16.7 Å². The molecule has 0 saturated heterocycles. The summed E-state index contributed by atoms with van der Waals surface area (Å²) >= 11 is 0. The minimum Gasteiger partial charge on any atom is -0.399 e. The van der Waals surface area contributed by atoms with Gasteiger partial charge < -0.3 is 16.0 Å². The lowest BCUT2D eigenvalue weighted by molar-refractivity contribution is 0.627. The molecular formula is C20H16FN7. The number of halogens is 1. The van der Waals surface area contributed by atoms with E-state index in [-0.39, 0.29) is 22.8 Å². The average Bonchev–Trinajstić information content (AvgIpc) is 3.07. The summed E-state index contributed by atoms with van der Waals surface area (Å²) in [6.07, 6.45) is 1.61. The molecular weight excluding hydrogens is 357 g/mol. The van der Waals surface area contributed by atoms with E-state index in [1.165, 1.54) is 6.07 Å². The Bertz CT molecular complexity index is 1250. The third kappa shape index (κ3) is 2.89. The number of nitrogens with zero attached hydrogens (tertiary/aromatic N) is 5. The van der Waals surface area contributed by atoms with E-state index < -0.39 is 5.82 Å². The molecule has 0 fully saturated rings. The molecule has 4 rings (SSSR count). The van der Waals surface area contributed by atoms with Gasteiger partial charge in [-0.25, -0.2) is 14.4 Å². The summed E-state index contributed by atoms with van der Waals surface area (Å²) in [7, 11) is 0. The predicted octanol–water partition coefficient (Wildman–Crippen LogP) is 3.03. The standard InChI is InChI=1S/C20H16FN7/c1-11-7-12(5-6-15(11)23)9-28-10-25-18-17(26-20(24)27-19(18)28)14-4-2-3-13(8-22)16(14)21/h2-7,10H,9,23H2,1H3,(H2,24,26,27). The summed E-state index contributed by atoms with van der Waals surface area (Å²) in [5.74, 6) is -0.660. The van der Waals surface area contributed by atoms with Crippen LogP contribution in [-0.4, -0.2) is 19.5 Å². The molecule has 2 aromatic carbocycles. The number of hydrogen-bond acceptors (Lipinski definition) is 6. The van der Waals surface area contributed by atoms with Gasteiger partial charge in [-0.15, -0.1) is 0 Å². The zero-order chi connectivity index (χ0) is 19.8. The predicted molar refractivity (Wildman–Crippen MR) is 105 cm³/mol. The lowest BCUT2D eigenvalue weighted by atomic mass is 10.1. The van der Waals surface area contributed by atoms with E-state index in [1.54, 1.807) is 18.5 Å². The molecule has 0 spiro atoms. The van der Waals surface area contributed by atoms with E-state index >= 15 is 0 Å². The van der Waals surface area contributed by atoms with Gasteiger partial charge in [0.15, 0.2) is 5.65 Å². The number of fused-ring (bicyclic) bond motifs is 1. The fourth-order valence-corrected chi connectivity index (χ4v) is 3.10. The Morgan fingerprint density at radius 3 is 2.75 bits per heavy atom. The monoisotopic (exact) mass is 373 g/mol. The summed E-state index contributed by atoms with van der Waals surface area (Å²) in [6.45, 7) is 2.43. The zero-order valence-electron chi connectivity index (χ0n) is 15.0. The third-order valence-electron chi connectivity index (χ3n) is 4.54. The van der Waals surface area contributed by atoms with Crippen LogP contribution in [0, 0.1) is 24.1 Å². The molecule has 8 heteroatoms. The maximum Gasteiger partial charge on any atom is 0.222 e. The molecule has 4 aromatic rings. The molecule has 0 bridgehead atoms. The first kappa shape index (κ1) is 17.4. The second kappa shape index (κ2) is 6.63. The van der Waals surface area contributed by atoms with Gasteiger partial charge in [-0.2, -0.15) is 10.2 Å². The molecule has 0 aliphatic carbocycles. The minimum absolute atomic E-state index is 0.000465. The molecule has 0 aliphatic rings. The lowest BCUT2D eigenvalue weighted by Crippen LogP contribution is -2.04. The molecule has 0 unspecified atom stereocenters. The summed E-state index contributed by atoms with van der Waals surface area (Å²) in [5.41, 5.74) is 15.7. The number of nitriles is 1. The Balaban J connectivity index is 1.86. The van der Waals surface area contributed by atoms with Gasteiger partial charge in [0, 0.05) is 11.3 Å². The number of aromatic nitrogens is 4. The third-order valence-corrected chi connectivity index (χ3v) is 4.54. The first-order valence-corrected chi connectivity index (χ1v) is 8.50. The van der Waals surface area contributed by atoms with Crippen LogP contribution in [0.4, 0.5) is 16.0 Å². The number of rotatable bonds is 3. The van der Waals surface area contributed by atoms with Gasteiger partial charge >= 0.3 is 0 Å². The molecule has 2 heterocycles. The minimum atomic E-state index is -0.659. The normalized spacial score (nSPS) is 10.9. The van der Waals surface area contributed by atoms with Crippen molar-refractivity contribution in [3.8, 4) is 17.3 Å². The van der Waals surface area contributed by atoms with Crippen molar-refractivity contribution in [2.24, 2.45) is 0 Å². The SMILES string of the molecule is Cc1cc(Cn2cnc3c(-c4cccc(C#N)c4F)nc(N)nc32)ccc1N. The summed E-state index contributed by atoms with van der Waals surface area (Å²) in [5, 5.41) is 9.09. The highest BCUT2D eigenvalue weighted by molar-refractivity contribution is 5.88. The van der Waals surface area contributed by atoms with Gasteiger partial charge in [0.05, 0.1) is 18.4 Å². The molecule has 28 heavy (non-hydrogen) atoms. The van der Waals surface area contributed by atoms with E-state index in [1.807, 2.05) is 35.8 Å². The first-order chi connectivity index (χ1) is 13.5. The van der Waals surface area contributed by atoms with Gasteiger partial charge in [-0.3, -0.25) is 0 Å². The number of benzene rings is 2. The van der Waals surface area contributed by atoms with E-state index in [0.717, 1.165) is 16.8 Å². The molecule has 4 N–H and O–H groups in total. The van der Waals surface area contributed by atoms with E-state index in [2.05, 4.69) is 15.0 Å². The van der Waals surface area contributed by atoms with E-state index in [0.29, 0.717) is 17.7 Å². The Kier molecular flexibility index (Phi) is 4.12. The first-order valence-electron chi connectivity index (χ1n) is 8.50. The van der Waals surface area contributed by atoms with Crippen LogP contribution in [0.3, 0.4) is 0 Å². The molecule has 7 nitrogen and oxygen atoms in total. The molecule has 0 aliphatic heterocycles. The van der Waals surface area contributed by atoms with Crippen LogP contribution in [-0.2, 0) is 6.54 Å². The Hall–Kier alpha value is -3.99. The smallest absolute Gasteiger partial charge is 0.222 e. The lowest BCUT2D eigenvalue weighted by Gasteiger charge is -2.09. The number of imidazole rings is 1. The van der Waals surface area contributed by atoms with Crippen LogP contribution in [0.15, 0.2) is 42.7 Å². The highest BCUT2D eigenvalue weighted by Crippen LogP contribution is 2.29. The van der Waals surface area contributed by atoms with Gasteiger partial charge in [0.1, 0.15) is 23.1 Å². The maximum atomic E-state index is 14.7. The van der Waals surface area contributed by atoms with Crippen LogP contribution in [0.25, 0.3) is 22.4 Å². The molecule has 138 valence electrons. The number of aryl methyl sites for hydroxylation is 1. The largest absolute Gasteiger partial charge is 0.399 e. The van der Waals surface area contributed by atoms with Crippen molar-refractivity contribution < 1.29 is 4.39 Å². The van der Waals surface area contributed by atoms with Crippen LogP contribution >= 0.6 is 0 Å². The van der Waals surface area contributed by atoms with Crippen molar-refractivity contribution >= 4 is 22.8 Å². The molecule has 0 saturated carbocycles. The molecule has 0 amide bonds. The number of hydrogen-bond donors (Lipinski definition) is 2. The van der Waals surface area contributed by atoms with Crippen LogP contribution < -0.4 is 11.5 Å². The average molecular weight is 373 g/mol. The second-order valence-electron chi connectivity index (χ2n) is 6.44. The van der Waals surface area contributed by atoms with E-state index in [9.17, 15) is 4.39 Å². The second-order valence-corrected chi connectivity index (χ2v) is 6.44. The summed E-state index contributed by atoms with van der Waals surface area (Å²) in [6, 6.07) is 12.1.